The van der Waals surface area contributed by atoms with Gasteiger partial charge < -0.3 is 30.4 Å². The zero-order chi connectivity index (χ0) is 4.50. The van der Waals surface area contributed by atoms with Gasteiger partial charge in [-0.25, -0.2) is 0 Å². The van der Waals surface area contributed by atoms with Gasteiger partial charge in [0.2, 0.25) is 0 Å². The molecule has 0 radical (unpaired) electrons. The minimum atomic E-state index is -4.61. The van der Waals surface area contributed by atoms with Crippen molar-refractivity contribution in [1.82, 2.24) is 0 Å². The summed E-state index contributed by atoms with van der Waals surface area (Å²) in [5.41, 5.74) is 0. The van der Waals surface area contributed by atoms with Gasteiger partial charge in [-0.2, -0.15) is 0 Å². The monoisotopic (exact) mass is 196 g/mol. The van der Waals surface area contributed by atoms with Crippen LogP contribution in [-0.4, -0.2) is 97.2 Å². The standard InChI is InChI=1S/Al.2Mg.H4O4Si.H2O.7H/c;;;1-5(2,3)4;;;;;;;;/h;;;1-4H;1H2;;;;;;;/q;2*+2;;;;;;4*-1. The van der Waals surface area contributed by atoms with Gasteiger partial charge in [-0.05, 0) is 0 Å². The summed E-state index contributed by atoms with van der Waals surface area (Å²) < 4.78 is 0. The molecule has 0 unspecified atom stereocenters. The fraction of sp³-hybridized carbons (Fsp3) is 0. The van der Waals surface area contributed by atoms with Gasteiger partial charge in [-0.3, -0.25) is 0 Å². The molecule has 0 fully saturated rings. The second-order valence-electron chi connectivity index (χ2n) is 0.600. The average Bonchev–Trinajstić information content (AvgIpc) is 0.722. The molecule has 0 saturated heterocycles. The molecule has 0 rings (SSSR count). The molecular weight excluding hydrogens is 184 g/mol. The molecule has 0 amide bonds. The topological polar surface area (TPSA) is 112 Å². The first-order chi connectivity index (χ1) is 2.00. The molecule has 6 N–H and O–H groups in total. The van der Waals surface area contributed by atoms with Gasteiger partial charge in [0.05, 0.1) is 0 Å². The van der Waals surface area contributed by atoms with Crippen LogP contribution in [0.1, 0.15) is 5.71 Å². The quantitative estimate of drug-likeness (QED) is 0.291. The SMILES string of the molecule is O.O[Si](O)(O)O.[AlH3].[H-].[H-].[H-].[H-].[Mg+2].[Mg+2]. The third-order valence-corrected chi connectivity index (χ3v) is 0. The zero-order valence-corrected chi connectivity index (χ0v) is 8.03. The summed E-state index contributed by atoms with van der Waals surface area (Å²) in [4.78, 5) is 29.3. The molecule has 0 bridgehead atoms. The Bertz CT molecular complexity index is 42.0. The molecule has 0 aromatic heterocycles. The van der Waals surface area contributed by atoms with Gasteiger partial charge in [-0.15, -0.1) is 0 Å². The first-order valence-corrected chi connectivity index (χ1v) is 2.68. The smallest absolute Gasteiger partial charge is 1.00 e. The van der Waals surface area contributed by atoms with E-state index in [9.17, 15) is 0 Å². The summed E-state index contributed by atoms with van der Waals surface area (Å²) in [6.45, 7) is 0. The molecule has 0 aromatic carbocycles. The number of rotatable bonds is 0. The van der Waals surface area contributed by atoms with Gasteiger partial charge in [-0.1, -0.05) is 0 Å². The second-order valence-corrected chi connectivity index (χ2v) is 1.80. The Balaban J connectivity index is -0.00000000286. The van der Waals surface area contributed by atoms with Crippen LogP contribution in [0, 0.1) is 0 Å². The zero-order valence-electron chi connectivity index (χ0n) is 8.20. The molecular formula is H13AlMg2O5Si. The molecule has 9 heteroatoms. The third kappa shape index (κ3) is 152. The fourth-order valence-electron chi connectivity index (χ4n) is 0. The Morgan fingerprint density at radius 1 is 0.889 bits per heavy atom. The summed E-state index contributed by atoms with van der Waals surface area (Å²) in [5.74, 6) is 0. The first kappa shape index (κ1) is 30.5. The maximum absolute atomic E-state index is 7.33. The van der Waals surface area contributed by atoms with Crippen LogP contribution in [0.25, 0.3) is 0 Å². The first-order valence-electron chi connectivity index (χ1n) is 0.894. The van der Waals surface area contributed by atoms with Crippen LogP contribution in [0.3, 0.4) is 0 Å². The molecule has 0 aliphatic carbocycles. The van der Waals surface area contributed by atoms with Crippen molar-refractivity contribution in [2.45, 2.75) is 0 Å². The third-order valence-electron chi connectivity index (χ3n) is 0. The molecule has 0 heterocycles. The maximum Gasteiger partial charge on any atom is 2.00 e. The van der Waals surface area contributed by atoms with E-state index in [1.54, 1.807) is 0 Å². The van der Waals surface area contributed by atoms with Crippen molar-refractivity contribution in [1.29, 1.82) is 0 Å². The van der Waals surface area contributed by atoms with Gasteiger partial charge in [0.15, 0.2) is 17.4 Å². The largest absolute Gasteiger partial charge is 2.00 e. The molecule has 0 spiro atoms. The minimum Gasteiger partial charge on any atom is -1.00 e. The molecule has 0 saturated carbocycles. The average molecular weight is 197 g/mol. The van der Waals surface area contributed by atoms with Gasteiger partial charge in [0.1, 0.15) is 0 Å². The van der Waals surface area contributed by atoms with Crippen LogP contribution in [0.5, 0.6) is 0 Å². The molecule has 0 atom stereocenters. The summed E-state index contributed by atoms with van der Waals surface area (Å²) in [7, 11) is -4.61. The summed E-state index contributed by atoms with van der Waals surface area (Å²) in [6, 6.07) is 0. The summed E-state index contributed by atoms with van der Waals surface area (Å²) in [5, 5.41) is 0. The predicted molar refractivity (Wildman–Crippen MR) is 44.1 cm³/mol. The second kappa shape index (κ2) is 12.7. The predicted octanol–water partition coefficient (Wildman–Crippen LogP) is -4.93. The van der Waals surface area contributed by atoms with E-state index in [2.05, 4.69) is 0 Å². The van der Waals surface area contributed by atoms with Crippen molar-refractivity contribution in [2.75, 3.05) is 0 Å². The Labute approximate surface area is 102 Å². The molecule has 9 heavy (non-hydrogen) atoms. The van der Waals surface area contributed by atoms with Crippen molar-refractivity contribution in [3.8, 4) is 0 Å². The van der Waals surface area contributed by atoms with E-state index < -0.39 is 9.05 Å². The van der Waals surface area contributed by atoms with Crippen molar-refractivity contribution < 1.29 is 30.4 Å². The van der Waals surface area contributed by atoms with Crippen LogP contribution in [0.4, 0.5) is 0 Å². The molecule has 0 aliphatic rings. The molecule has 5 nitrogen and oxygen atoms in total. The van der Waals surface area contributed by atoms with Crippen molar-refractivity contribution >= 4 is 72.5 Å². The van der Waals surface area contributed by atoms with E-state index in [0.717, 1.165) is 0 Å². The Hall–Kier alpha value is 2.08. The fourth-order valence-corrected chi connectivity index (χ4v) is 0. The van der Waals surface area contributed by atoms with E-state index >= 15 is 0 Å². The van der Waals surface area contributed by atoms with Crippen LogP contribution in [0.2, 0.25) is 0 Å². The van der Waals surface area contributed by atoms with Crippen molar-refractivity contribution in [3.05, 3.63) is 0 Å². The van der Waals surface area contributed by atoms with Crippen LogP contribution in [0.15, 0.2) is 0 Å². The van der Waals surface area contributed by atoms with Gasteiger partial charge in [0, 0.05) is 0 Å². The van der Waals surface area contributed by atoms with Crippen LogP contribution >= 0.6 is 0 Å². The maximum atomic E-state index is 7.33. The normalized spacial score (nSPS) is 6.67. The minimum absolute atomic E-state index is 0. The van der Waals surface area contributed by atoms with Gasteiger partial charge in [0.25, 0.3) is 0 Å². The van der Waals surface area contributed by atoms with E-state index in [-0.39, 0.29) is 74.6 Å². The number of hydrogen-bond donors (Lipinski definition) is 4. The van der Waals surface area contributed by atoms with Crippen LogP contribution < -0.4 is 0 Å². The van der Waals surface area contributed by atoms with E-state index in [0.29, 0.717) is 0 Å². The molecule has 54 valence electrons. The van der Waals surface area contributed by atoms with Gasteiger partial charge >= 0.3 is 55.2 Å². The molecule has 0 aromatic rings. The Morgan fingerprint density at radius 3 is 0.889 bits per heavy atom. The Morgan fingerprint density at radius 2 is 0.889 bits per heavy atom. The van der Waals surface area contributed by atoms with Crippen LogP contribution in [-0.2, 0) is 0 Å². The Kier molecular flexibility index (Phi) is 43.1. The number of hydrogen-bond acceptors (Lipinski definition) is 4. The van der Waals surface area contributed by atoms with E-state index in [4.69, 9.17) is 19.2 Å². The van der Waals surface area contributed by atoms with Crippen molar-refractivity contribution in [2.24, 2.45) is 0 Å². The van der Waals surface area contributed by atoms with Crippen molar-refractivity contribution in [3.63, 3.8) is 0 Å². The molecule has 0 aliphatic heterocycles. The summed E-state index contributed by atoms with van der Waals surface area (Å²) >= 11 is 0. The van der Waals surface area contributed by atoms with E-state index in [1.165, 1.54) is 0 Å². The van der Waals surface area contributed by atoms with E-state index in [1.807, 2.05) is 0 Å². The summed E-state index contributed by atoms with van der Waals surface area (Å²) in [6.07, 6.45) is 0.